The number of rotatable bonds is 8. The van der Waals surface area contributed by atoms with Gasteiger partial charge < -0.3 is 15.0 Å². The number of aliphatic hydroxyl groups excluding tert-OH is 1. The minimum Gasteiger partial charge on any atom is -0.393 e. The highest BCUT2D eigenvalue weighted by Crippen LogP contribution is 2.00. The first-order chi connectivity index (χ1) is 8.63. The van der Waals surface area contributed by atoms with E-state index in [2.05, 4.69) is 10.3 Å². The van der Waals surface area contributed by atoms with Gasteiger partial charge in [-0.3, -0.25) is 4.79 Å². The highest BCUT2D eigenvalue weighted by molar-refractivity contribution is 5.75. The predicted molar refractivity (Wildman–Crippen MR) is 70.1 cm³/mol. The number of hydrogen-bond acceptors (Lipinski definition) is 3. The molecule has 0 radical (unpaired) electrons. The standard InChI is InChI=1S/C13H23N3O2/c1-3-12(17)6-7-15-13(18)5-4-9-16-10-8-14-11(16)2/h8,10,12,17H,3-7,9H2,1-2H3,(H,15,18). The van der Waals surface area contributed by atoms with E-state index < -0.39 is 0 Å². The molecule has 0 aliphatic heterocycles. The molecule has 0 saturated heterocycles. The van der Waals surface area contributed by atoms with Crippen molar-refractivity contribution in [3.63, 3.8) is 0 Å². The van der Waals surface area contributed by atoms with Crippen LogP contribution in [0.25, 0.3) is 0 Å². The maximum atomic E-state index is 11.5. The van der Waals surface area contributed by atoms with Crippen LogP contribution in [-0.4, -0.2) is 33.2 Å². The second-order valence-electron chi connectivity index (χ2n) is 4.47. The van der Waals surface area contributed by atoms with Crippen molar-refractivity contribution in [2.24, 2.45) is 0 Å². The minimum atomic E-state index is -0.307. The van der Waals surface area contributed by atoms with Crippen molar-refractivity contribution < 1.29 is 9.90 Å². The zero-order valence-electron chi connectivity index (χ0n) is 11.2. The van der Waals surface area contributed by atoms with Gasteiger partial charge in [-0.2, -0.15) is 0 Å². The summed E-state index contributed by atoms with van der Waals surface area (Å²) in [4.78, 5) is 15.6. The third-order valence-electron chi connectivity index (χ3n) is 3.00. The molecule has 0 aliphatic rings. The van der Waals surface area contributed by atoms with Crippen LogP contribution in [0.2, 0.25) is 0 Å². The highest BCUT2D eigenvalue weighted by atomic mass is 16.3. The van der Waals surface area contributed by atoms with Crippen molar-refractivity contribution in [2.45, 2.75) is 52.2 Å². The second kappa shape index (κ2) is 7.87. The summed E-state index contributed by atoms with van der Waals surface area (Å²) in [5.41, 5.74) is 0. The molecule has 1 aromatic heterocycles. The van der Waals surface area contributed by atoms with Crippen LogP contribution in [0.4, 0.5) is 0 Å². The molecule has 18 heavy (non-hydrogen) atoms. The van der Waals surface area contributed by atoms with Crippen LogP contribution in [0.3, 0.4) is 0 Å². The summed E-state index contributed by atoms with van der Waals surface area (Å²) in [6, 6.07) is 0. The molecule has 2 N–H and O–H groups in total. The topological polar surface area (TPSA) is 67.2 Å². The first-order valence-electron chi connectivity index (χ1n) is 6.56. The normalized spacial score (nSPS) is 12.4. The van der Waals surface area contributed by atoms with Gasteiger partial charge in [0.15, 0.2) is 0 Å². The molecular weight excluding hydrogens is 230 g/mol. The first kappa shape index (κ1) is 14.7. The number of imidazole rings is 1. The van der Waals surface area contributed by atoms with Gasteiger partial charge >= 0.3 is 0 Å². The van der Waals surface area contributed by atoms with Crippen LogP contribution in [0.5, 0.6) is 0 Å². The summed E-state index contributed by atoms with van der Waals surface area (Å²) in [6.07, 6.45) is 6.06. The summed E-state index contributed by atoms with van der Waals surface area (Å²) in [5, 5.41) is 12.2. The smallest absolute Gasteiger partial charge is 0.220 e. The molecule has 1 rings (SSSR count). The minimum absolute atomic E-state index is 0.0519. The van der Waals surface area contributed by atoms with E-state index in [9.17, 15) is 9.90 Å². The fourth-order valence-electron chi connectivity index (χ4n) is 1.72. The van der Waals surface area contributed by atoms with Crippen LogP contribution in [0.15, 0.2) is 12.4 Å². The number of carbonyl (C=O) groups excluding carboxylic acids is 1. The molecule has 1 amide bonds. The SMILES string of the molecule is CCC(O)CCNC(=O)CCCn1ccnc1C. The van der Waals surface area contributed by atoms with Crippen molar-refractivity contribution >= 4 is 5.91 Å². The molecule has 5 heteroatoms. The molecule has 1 unspecified atom stereocenters. The average Bonchev–Trinajstić information content (AvgIpc) is 2.75. The fraction of sp³-hybridized carbons (Fsp3) is 0.692. The van der Waals surface area contributed by atoms with E-state index in [0.717, 1.165) is 25.2 Å². The van der Waals surface area contributed by atoms with E-state index >= 15 is 0 Å². The van der Waals surface area contributed by atoms with Crippen LogP contribution in [-0.2, 0) is 11.3 Å². The Morgan fingerprint density at radius 1 is 1.61 bits per heavy atom. The van der Waals surface area contributed by atoms with Crippen molar-refractivity contribution in [1.29, 1.82) is 0 Å². The number of aromatic nitrogens is 2. The van der Waals surface area contributed by atoms with Gasteiger partial charge in [0.25, 0.3) is 0 Å². The number of amides is 1. The molecule has 1 atom stereocenters. The monoisotopic (exact) mass is 253 g/mol. The number of aryl methyl sites for hydroxylation is 2. The van der Waals surface area contributed by atoms with Gasteiger partial charge in [0.05, 0.1) is 6.10 Å². The van der Waals surface area contributed by atoms with Gasteiger partial charge in [-0.1, -0.05) is 6.92 Å². The second-order valence-corrected chi connectivity index (χ2v) is 4.47. The molecule has 0 bridgehead atoms. The van der Waals surface area contributed by atoms with Gasteiger partial charge in [0.1, 0.15) is 5.82 Å². The number of hydrogen-bond donors (Lipinski definition) is 2. The van der Waals surface area contributed by atoms with Crippen molar-refractivity contribution in [2.75, 3.05) is 6.54 Å². The fourth-order valence-corrected chi connectivity index (χ4v) is 1.72. The van der Waals surface area contributed by atoms with E-state index in [1.54, 1.807) is 6.20 Å². The van der Waals surface area contributed by atoms with Crippen molar-refractivity contribution in [3.8, 4) is 0 Å². The average molecular weight is 253 g/mol. The first-order valence-corrected chi connectivity index (χ1v) is 6.56. The number of aliphatic hydroxyl groups is 1. The van der Waals surface area contributed by atoms with E-state index in [4.69, 9.17) is 0 Å². The Kier molecular flexibility index (Phi) is 6.43. The molecule has 5 nitrogen and oxygen atoms in total. The van der Waals surface area contributed by atoms with E-state index in [1.165, 1.54) is 0 Å². The lowest BCUT2D eigenvalue weighted by molar-refractivity contribution is -0.121. The van der Waals surface area contributed by atoms with Crippen LogP contribution in [0.1, 0.15) is 38.4 Å². The van der Waals surface area contributed by atoms with Crippen LogP contribution >= 0.6 is 0 Å². The molecule has 102 valence electrons. The van der Waals surface area contributed by atoms with E-state index in [1.807, 2.05) is 24.6 Å². The van der Waals surface area contributed by atoms with Gasteiger partial charge in [-0.15, -0.1) is 0 Å². The summed E-state index contributed by atoms with van der Waals surface area (Å²) in [6.45, 7) is 5.25. The lowest BCUT2D eigenvalue weighted by Crippen LogP contribution is -2.27. The Morgan fingerprint density at radius 2 is 2.39 bits per heavy atom. The lowest BCUT2D eigenvalue weighted by atomic mass is 10.2. The third-order valence-corrected chi connectivity index (χ3v) is 3.00. The van der Waals surface area contributed by atoms with Crippen molar-refractivity contribution in [3.05, 3.63) is 18.2 Å². The Balaban J connectivity index is 2.09. The number of carbonyl (C=O) groups is 1. The van der Waals surface area contributed by atoms with E-state index in [-0.39, 0.29) is 12.0 Å². The molecular formula is C13H23N3O2. The molecule has 0 aromatic carbocycles. The Labute approximate surface area is 108 Å². The summed E-state index contributed by atoms with van der Waals surface area (Å²) in [5.74, 6) is 1.03. The maximum Gasteiger partial charge on any atom is 0.220 e. The molecule has 1 heterocycles. The largest absolute Gasteiger partial charge is 0.393 e. The van der Waals surface area contributed by atoms with Crippen LogP contribution in [0, 0.1) is 6.92 Å². The molecule has 0 aliphatic carbocycles. The van der Waals surface area contributed by atoms with Gasteiger partial charge in [-0.25, -0.2) is 4.98 Å². The van der Waals surface area contributed by atoms with Gasteiger partial charge in [0, 0.05) is 31.9 Å². The van der Waals surface area contributed by atoms with Crippen molar-refractivity contribution in [1.82, 2.24) is 14.9 Å². The lowest BCUT2D eigenvalue weighted by Gasteiger charge is -2.09. The third kappa shape index (κ3) is 5.31. The summed E-state index contributed by atoms with van der Waals surface area (Å²) < 4.78 is 2.04. The number of nitrogens with zero attached hydrogens (tertiary/aromatic N) is 2. The van der Waals surface area contributed by atoms with E-state index in [0.29, 0.717) is 19.4 Å². The van der Waals surface area contributed by atoms with Crippen LogP contribution < -0.4 is 5.32 Å². The zero-order chi connectivity index (χ0) is 13.4. The molecule has 0 saturated carbocycles. The predicted octanol–water partition coefficient (Wildman–Crippen LogP) is 1.25. The van der Waals surface area contributed by atoms with Gasteiger partial charge in [-0.05, 0) is 26.2 Å². The number of nitrogens with one attached hydrogen (secondary N) is 1. The van der Waals surface area contributed by atoms with Gasteiger partial charge in [0.2, 0.25) is 5.91 Å². The summed E-state index contributed by atoms with van der Waals surface area (Å²) in [7, 11) is 0. The molecule has 1 aromatic rings. The Bertz CT molecular complexity index is 363. The maximum absolute atomic E-state index is 11.5. The molecule has 0 fully saturated rings. The highest BCUT2D eigenvalue weighted by Gasteiger charge is 2.04. The summed E-state index contributed by atoms with van der Waals surface area (Å²) >= 11 is 0. The quantitative estimate of drug-likeness (QED) is 0.732. The Morgan fingerprint density at radius 3 is 3.00 bits per heavy atom. The zero-order valence-corrected chi connectivity index (χ0v) is 11.2. The Hall–Kier alpha value is -1.36. The molecule has 0 spiro atoms.